The highest BCUT2D eigenvalue weighted by atomic mass is 31.2. The standard InChI is InChI=1S/C49H99N2O6P/c1-6-8-10-12-14-16-18-19-20-21-22-23-24-25-26-27-28-29-30-31-33-35-37-39-41-43-49(53)50-47(46-57-58(54,55)56-45-44-51(3,4)5)48(52)42-40-38-36-34-32-17-15-13-11-9-7-2/h40,42,47-48,52H,6-39,41,43-46H2,1-5H3,(H-,50,53,54,55)/b42-40+/t47-,48+/m0/s1. The van der Waals surface area contributed by atoms with Gasteiger partial charge in [-0.1, -0.05) is 231 Å². The molecule has 0 aliphatic rings. The average Bonchev–Trinajstić information content (AvgIpc) is 3.17. The summed E-state index contributed by atoms with van der Waals surface area (Å²) >= 11 is 0. The second kappa shape index (κ2) is 41.6. The minimum atomic E-state index is -4.58. The molecule has 0 bridgehead atoms. The highest BCUT2D eigenvalue weighted by Gasteiger charge is 2.23. The maximum absolute atomic E-state index is 12.9. The molecule has 0 radical (unpaired) electrons. The van der Waals surface area contributed by atoms with E-state index in [1.165, 1.54) is 186 Å². The molecule has 0 aromatic rings. The van der Waals surface area contributed by atoms with Crippen molar-refractivity contribution in [2.24, 2.45) is 0 Å². The molecule has 0 aromatic carbocycles. The van der Waals surface area contributed by atoms with Crippen LogP contribution < -0.4 is 10.2 Å². The molecule has 0 heterocycles. The Kier molecular flexibility index (Phi) is 41.0. The molecule has 2 N–H and O–H groups in total. The molecule has 0 spiro atoms. The third-order valence-corrected chi connectivity index (χ3v) is 12.5. The van der Waals surface area contributed by atoms with Gasteiger partial charge in [-0.05, 0) is 19.3 Å². The van der Waals surface area contributed by atoms with Gasteiger partial charge in [0, 0.05) is 6.42 Å². The van der Waals surface area contributed by atoms with Crippen LogP contribution in [0.4, 0.5) is 0 Å². The van der Waals surface area contributed by atoms with Gasteiger partial charge in [0.25, 0.3) is 7.82 Å². The van der Waals surface area contributed by atoms with Gasteiger partial charge in [-0.25, -0.2) is 0 Å². The summed E-state index contributed by atoms with van der Waals surface area (Å²) in [6, 6.07) is -0.879. The van der Waals surface area contributed by atoms with E-state index in [0.717, 1.165) is 38.5 Å². The monoisotopic (exact) mass is 843 g/mol. The number of aliphatic hydroxyl groups excluding tert-OH is 1. The number of phosphoric acid groups is 1. The third kappa shape index (κ3) is 43.3. The number of aliphatic hydroxyl groups is 1. The fourth-order valence-electron chi connectivity index (χ4n) is 7.51. The van der Waals surface area contributed by atoms with E-state index in [4.69, 9.17) is 9.05 Å². The molecule has 0 fully saturated rings. The lowest BCUT2D eigenvalue weighted by Crippen LogP contribution is -2.45. The number of phosphoric ester groups is 1. The Morgan fingerprint density at radius 2 is 0.931 bits per heavy atom. The van der Waals surface area contributed by atoms with Crippen LogP contribution in [0, 0.1) is 0 Å². The summed E-state index contributed by atoms with van der Waals surface area (Å²) in [6.45, 7) is 4.66. The van der Waals surface area contributed by atoms with Gasteiger partial charge in [0.2, 0.25) is 5.91 Å². The summed E-state index contributed by atoms with van der Waals surface area (Å²) < 4.78 is 23.2. The number of allylic oxidation sites excluding steroid dienone is 1. The van der Waals surface area contributed by atoms with Gasteiger partial charge < -0.3 is 28.8 Å². The number of nitrogens with one attached hydrogen (secondary N) is 1. The fraction of sp³-hybridized carbons (Fsp3) is 0.939. The summed E-state index contributed by atoms with van der Waals surface area (Å²) in [5.41, 5.74) is 0. The Bertz CT molecular complexity index is 958. The molecule has 58 heavy (non-hydrogen) atoms. The van der Waals surface area contributed by atoms with E-state index in [1.807, 2.05) is 27.2 Å². The van der Waals surface area contributed by atoms with Gasteiger partial charge in [0.15, 0.2) is 0 Å². The minimum absolute atomic E-state index is 0.00207. The molecule has 0 rings (SSSR count). The Morgan fingerprint density at radius 3 is 1.29 bits per heavy atom. The van der Waals surface area contributed by atoms with Crippen molar-refractivity contribution in [1.82, 2.24) is 5.32 Å². The second-order valence-electron chi connectivity index (χ2n) is 18.5. The highest BCUT2D eigenvalue weighted by Crippen LogP contribution is 2.38. The first-order chi connectivity index (χ1) is 28.0. The molecule has 346 valence electrons. The van der Waals surface area contributed by atoms with Crippen LogP contribution in [0.1, 0.15) is 245 Å². The van der Waals surface area contributed by atoms with Gasteiger partial charge in [-0.3, -0.25) is 9.36 Å². The van der Waals surface area contributed by atoms with Crippen molar-refractivity contribution < 1.29 is 32.9 Å². The molecular weight excluding hydrogens is 744 g/mol. The van der Waals surface area contributed by atoms with Crippen LogP contribution in [0.15, 0.2) is 12.2 Å². The first kappa shape index (κ1) is 57.2. The van der Waals surface area contributed by atoms with E-state index in [9.17, 15) is 19.4 Å². The quantitative estimate of drug-likeness (QED) is 0.0273. The van der Waals surface area contributed by atoms with E-state index in [1.54, 1.807) is 6.08 Å². The van der Waals surface area contributed by atoms with Crippen molar-refractivity contribution in [3.8, 4) is 0 Å². The Morgan fingerprint density at radius 1 is 0.586 bits per heavy atom. The maximum atomic E-state index is 12.9. The minimum Gasteiger partial charge on any atom is -0.756 e. The lowest BCUT2D eigenvalue weighted by molar-refractivity contribution is -0.870. The Labute approximate surface area is 361 Å². The number of unbranched alkanes of at least 4 members (excludes halogenated alkanes) is 33. The molecule has 0 aromatic heterocycles. The van der Waals surface area contributed by atoms with Crippen LogP contribution in [0.3, 0.4) is 0 Å². The van der Waals surface area contributed by atoms with Crippen LogP contribution >= 0.6 is 7.82 Å². The maximum Gasteiger partial charge on any atom is 0.268 e. The summed E-state index contributed by atoms with van der Waals surface area (Å²) in [4.78, 5) is 25.3. The van der Waals surface area contributed by atoms with Gasteiger partial charge in [-0.15, -0.1) is 0 Å². The molecule has 0 aliphatic carbocycles. The molecular formula is C49H99N2O6P. The predicted octanol–water partition coefficient (Wildman–Crippen LogP) is 13.7. The number of amides is 1. The molecule has 1 unspecified atom stereocenters. The second-order valence-corrected chi connectivity index (χ2v) is 19.9. The lowest BCUT2D eigenvalue weighted by Gasteiger charge is -2.29. The molecule has 0 saturated carbocycles. The number of carbonyl (C=O) groups is 1. The van der Waals surface area contributed by atoms with E-state index in [0.29, 0.717) is 17.4 Å². The van der Waals surface area contributed by atoms with Crippen molar-refractivity contribution >= 4 is 13.7 Å². The third-order valence-electron chi connectivity index (χ3n) is 11.5. The van der Waals surface area contributed by atoms with E-state index >= 15 is 0 Å². The molecule has 3 atom stereocenters. The number of nitrogens with zero attached hydrogens (tertiary/aromatic N) is 1. The van der Waals surface area contributed by atoms with Crippen LogP contribution in [0.25, 0.3) is 0 Å². The number of carbonyl (C=O) groups excluding carboxylic acids is 1. The Hall–Kier alpha value is -0.760. The van der Waals surface area contributed by atoms with Gasteiger partial charge in [-0.2, -0.15) is 0 Å². The zero-order valence-corrected chi connectivity index (χ0v) is 40.2. The van der Waals surface area contributed by atoms with Crippen molar-refractivity contribution in [1.29, 1.82) is 0 Å². The van der Waals surface area contributed by atoms with Crippen molar-refractivity contribution in [2.45, 2.75) is 257 Å². The van der Waals surface area contributed by atoms with E-state index in [2.05, 4.69) is 19.2 Å². The first-order valence-corrected chi connectivity index (χ1v) is 26.5. The molecule has 1 amide bonds. The SMILES string of the molecule is CCCCCCCCCCC/C=C/[C@@H](O)[C@H](COP(=O)([O-])OCC[N+](C)(C)C)NC(=O)CCCCCCCCCCCCCCCCCCCCCCCCCCC. The number of rotatable bonds is 46. The fourth-order valence-corrected chi connectivity index (χ4v) is 8.23. The van der Waals surface area contributed by atoms with Gasteiger partial charge in [0.1, 0.15) is 13.2 Å². The number of hydrogen-bond donors (Lipinski definition) is 2. The molecule has 8 nitrogen and oxygen atoms in total. The summed E-state index contributed by atoms with van der Waals surface area (Å²) in [7, 11) is 1.27. The van der Waals surface area contributed by atoms with E-state index in [-0.39, 0.29) is 19.1 Å². The highest BCUT2D eigenvalue weighted by molar-refractivity contribution is 7.45. The smallest absolute Gasteiger partial charge is 0.268 e. The largest absolute Gasteiger partial charge is 0.756 e. The van der Waals surface area contributed by atoms with Crippen LogP contribution in [0.5, 0.6) is 0 Å². The van der Waals surface area contributed by atoms with Crippen LogP contribution in [0.2, 0.25) is 0 Å². The number of likely N-dealkylation sites (N-methyl/N-ethyl adjacent to an activating group) is 1. The lowest BCUT2D eigenvalue weighted by atomic mass is 10.0. The number of quaternary nitrogens is 1. The van der Waals surface area contributed by atoms with Crippen molar-refractivity contribution in [3.05, 3.63) is 12.2 Å². The predicted molar refractivity (Wildman–Crippen MR) is 247 cm³/mol. The average molecular weight is 843 g/mol. The molecule has 0 saturated heterocycles. The summed E-state index contributed by atoms with van der Waals surface area (Å²) in [5.74, 6) is -0.194. The zero-order valence-electron chi connectivity index (χ0n) is 39.3. The topological polar surface area (TPSA) is 108 Å². The molecule has 9 heteroatoms. The van der Waals surface area contributed by atoms with Gasteiger partial charge >= 0.3 is 0 Å². The number of hydrogen-bond acceptors (Lipinski definition) is 6. The summed E-state index contributed by atoms with van der Waals surface area (Å²) in [5, 5.41) is 13.8. The van der Waals surface area contributed by atoms with Crippen molar-refractivity contribution in [3.63, 3.8) is 0 Å². The first-order valence-electron chi connectivity index (χ1n) is 25.1. The van der Waals surface area contributed by atoms with Crippen LogP contribution in [-0.2, 0) is 18.4 Å². The summed E-state index contributed by atoms with van der Waals surface area (Å²) in [6.07, 6.45) is 48.5. The van der Waals surface area contributed by atoms with Gasteiger partial charge in [0.05, 0.1) is 39.9 Å². The van der Waals surface area contributed by atoms with Crippen LogP contribution in [-0.4, -0.2) is 68.5 Å². The normalized spacial score (nSPS) is 14.3. The van der Waals surface area contributed by atoms with Crippen molar-refractivity contribution in [2.75, 3.05) is 40.9 Å². The van der Waals surface area contributed by atoms with E-state index < -0.39 is 20.0 Å². The Balaban J connectivity index is 4.12. The zero-order chi connectivity index (χ0) is 42.8. The molecule has 0 aliphatic heterocycles.